The molecule has 2 heterocycles. The summed E-state index contributed by atoms with van der Waals surface area (Å²) >= 11 is 6.11. The van der Waals surface area contributed by atoms with Crippen molar-refractivity contribution in [3.8, 4) is 0 Å². The fourth-order valence-corrected chi connectivity index (χ4v) is 5.79. The molecule has 1 amide bonds. The van der Waals surface area contributed by atoms with Crippen LogP contribution in [0.25, 0.3) is 11.2 Å². The number of imidazole rings is 1. The Bertz CT molecular complexity index is 899. The van der Waals surface area contributed by atoms with E-state index in [1.165, 1.54) is 25.7 Å². The molecule has 0 radical (unpaired) electrons. The van der Waals surface area contributed by atoms with E-state index in [4.69, 9.17) is 11.6 Å². The lowest BCUT2D eigenvalue weighted by Crippen LogP contribution is -2.52. The Morgan fingerprint density at radius 3 is 2.74 bits per heavy atom. The molecule has 3 atom stereocenters. The van der Waals surface area contributed by atoms with Gasteiger partial charge in [-0.1, -0.05) is 25.4 Å². The highest BCUT2D eigenvalue weighted by Crippen LogP contribution is 2.62. The summed E-state index contributed by atoms with van der Waals surface area (Å²) in [6, 6.07) is 4.00. The van der Waals surface area contributed by atoms with Gasteiger partial charge in [-0.25, -0.2) is 9.97 Å². The molecule has 2 bridgehead atoms. The van der Waals surface area contributed by atoms with E-state index in [0.29, 0.717) is 40.8 Å². The van der Waals surface area contributed by atoms with Gasteiger partial charge in [-0.05, 0) is 73.8 Å². The molecule has 6 heteroatoms. The van der Waals surface area contributed by atoms with E-state index in [-0.39, 0.29) is 5.91 Å². The molecule has 5 nitrogen and oxygen atoms in total. The Kier molecular flexibility index (Phi) is 4.01. The van der Waals surface area contributed by atoms with E-state index >= 15 is 0 Å². The molecule has 1 N–H and O–H groups in total. The van der Waals surface area contributed by atoms with Crippen LogP contribution in [0.15, 0.2) is 12.1 Å². The van der Waals surface area contributed by atoms with E-state index in [0.717, 1.165) is 29.9 Å². The van der Waals surface area contributed by atoms with E-state index in [1.54, 1.807) is 6.07 Å². The van der Waals surface area contributed by atoms with Crippen molar-refractivity contribution in [2.75, 3.05) is 5.32 Å². The lowest BCUT2D eigenvalue weighted by molar-refractivity contribution is -0.128. The van der Waals surface area contributed by atoms with Crippen LogP contribution in [0.2, 0.25) is 5.15 Å². The van der Waals surface area contributed by atoms with Crippen LogP contribution in [0, 0.1) is 23.2 Å². The smallest absolute Gasteiger partial charge is 0.226 e. The molecule has 2 aromatic heterocycles. The number of aromatic nitrogens is 3. The van der Waals surface area contributed by atoms with Crippen molar-refractivity contribution >= 4 is 34.6 Å². The minimum absolute atomic E-state index is 0.0862. The second kappa shape index (κ2) is 6.20. The number of nitrogens with zero attached hydrogens (tertiary/aromatic N) is 3. The molecule has 27 heavy (non-hydrogen) atoms. The fraction of sp³-hybridized carbons (Fsp3) is 0.667. The lowest BCUT2D eigenvalue weighted by Gasteiger charge is -2.60. The first kappa shape index (κ1) is 17.5. The molecule has 6 rings (SSSR count). The molecule has 4 fully saturated rings. The number of hydrogen-bond acceptors (Lipinski definition) is 3. The molecule has 4 aliphatic carbocycles. The third-order valence-corrected chi connectivity index (χ3v) is 7.85. The van der Waals surface area contributed by atoms with E-state index in [2.05, 4.69) is 33.7 Å². The maximum Gasteiger partial charge on any atom is 0.226 e. The van der Waals surface area contributed by atoms with Gasteiger partial charge in [0.25, 0.3) is 0 Å². The van der Waals surface area contributed by atoms with Crippen LogP contribution < -0.4 is 5.32 Å². The van der Waals surface area contributed by atoms with E-state index in [1.807, 2.05) is 6.07 Å². The Labute approximate surface area is 164 Å². The summed E-state index contributed by atoms with van der Waals surface area (Å²) in [5, 5.41) is 3.57. The monoisotopic (exact) mass is 386 g/mol. The third kappa shape index (κ3) is 2.77. The zero-order valence-corrected chi connectivity index (χ0v) is 16.8. The highest BCUT2D eigenvalue weighted by Gasteiger charge is 2.54. The third-order valence-electron chi connectivity index (χ3n) is 7.64. The van der Waals surface area contributed by atoms with Crippen molar-refractivity contribution in [1.29, 1.82) is 0 Å². The molecule has 0 aliphatic heterocycles. The van der Waals surface area contributed by atoms with Crippen molar-refractivity contribution < 1.29 is 4.79 Å². The van der Waals surface area contributed by atoms with Crippen LogP contribution >= 0.6 is 11.6 Å². The first-order chi connectivity index (χ1) is 12.9. The number of pyridine rings is 1. The number of carbonyl (C=O) groups excluding carboxylic acids is 1. The van der Waals surface area contributed by atoms with Crippen LogP contribution in [0.1, 0.15) is 64.8 Å². The van der Waals surface area contributed by atoms with Crippen molar-refractivity contribution in [2.24, 2.45) is 23.2 Å². The Morgan fingerprint density at radius 1 is 1.26 bits per heavy atom. The second-order valence-electron chi connectivity index (χ2n) is 9.32. The molecular formula is C21H27ClN4O. The van der Waals surface area contributed by atoms with Gasteiger partial charge in [0.15, 0.2) is 5.65 Å². The maximum atomic E-state index is 12.9. The Morgan fingerprint density at radius 2 is 2.07 bits per heavy atom. The normalized spacial score (nSPS) is 29.2. The minimum Gasteiger partial charge on any atom is -0.296 e. The number of anilines is 1. The molecule has 0 spiro atoms. The summed E-state index contributed by atoms with van der Waals surface area (Å²) < 4.78 is 2.09. The summed E-state index contributed by atoms with van der Waals surface area (Å²) in [7, 11) is 0. The summed E-state index contributed by atoms with van der Waals surface area (Å²) in [4.78, 5) is 22.0. The predicted octanol–water partition coefficient (Wildman–Crippen LogP) is 5.21. The zero-order chi connectivity index (χ0) is 18.8. The van der Waals surface area contributed by atoms with Crippen LogP contribution in [-0.4, -0.2) is 20.4 Å². The average Bonchev–Trinajstić information content (AvgIpc) is 2.90. The van der Waals surface area contributed by atoms with Crippen molar-refractivity contribution in [2.45, 2.75) is 64.8 Å². The molecular weight excluding hydrogens is 360 g/mol. The largest absolute Gasteiger partial charge is 0.296 e. The number of nitrogens with one attached hydrogen (secondary N) is 1. The number of rotatable bonds is 4. The van der Waals surface area contributed by atoms with Gasteiger partial charge in [-0.2, -0.15) is 0 Å². The summed E-state index contributed by atoms with van der Waals surface area (Å²) in [6.07, 6.45) is 7.76. The quantitative estimate of drug-likeness (QED) is 0.733. The van der Waals surface area contributed by atoms with E-state index < -0.39 is 0 Å². The van der Waals surface area contributed by atoms with Gasteiger partial charge in [0.1, 0.15) is 10.7 Å². The van der Waals surface area contributed by atoms with Gasteiger partial charge >= 0.3 is 0 Å². The molecule has 0 aromatic carbocycles. The second-order valence-corrected chi connectivity index (χ2v) is 9.70. The standard InChI is InChI=1S/C21H27ClN4O/c1-21(2)13-7-6-12(15(21)11-13)10-18(27)25-20-23-16-8-9-17(22)24-19(16)26(20)14-4-3-5-14/h8-9,12-15H,3-7,10-11H2,1-2H3,(H,23,25,27). The molecule has 3 unspecified atom stereocenters. The van der Waals surface area contributed by atoms with Crippen LogP contribution in [0.3, 0.4) is 0 Å². The molecule has 4 aliphatic rings. The molecule has 2 aromatic rings. The number of halogens is 1. The van der Waals surface area contributed by atoms with Gasteiger partial charge in [0, 0.05) is 12.5 Å². The van der Waals surface area contributed by atoms with Gasteiger partial charge in [-0.3, -0.25) is 14.7 Å². The SMILES string of the molecule is CC1(C)C2CCC(CC(=O)Nc3nc4ccc(Cl)nc4n3C3CCC3)C1C2. The highest BCUT2D eigenvalue weighted by atomic mass is 35.5. The van der Waals surface area contributed by atoms with Crippen molar-refractivity contribution in [3.05, 3.63) is 17.3 Å². The molecule has 4 saturated carbocycles. The topological polar surface area (TPSA) is 59.8 Å². The highest BCUT2D eigenvalue weighted by molar-refractivity contribution is 6.29. The number of amides is 1. The van der Waals surface area contributed by atoms with Gasteiger partial charge in [-0.15, -0.1) is 0 Å². The van der Waals surface area contributed by atoms with Crippen LogP contribution in [-0.2, 0) is 4.79 Å². The fourth-order valence-electron chi connectivity index (χ4n) is 5.65. The number of fused-ring (bicyclic) bond motifs is 3. The summed E-state index contributed by atoms with van der Waals surface area (Å²) in [5.74, 6) is 2.77. The van der Waals surface area contributed by atoms with Gasteiger partial charge in [0.05, 0.1) is 0 Å². The minimum atomic E-state index is 0.0862. The Balaban J connectivity index is 1.37. The van der Waals surface area contributed by atoms with Gasteiger partial charge in [0.2, 0.25) is 11.9 Å². The number of hydrogen-bond donors (Lipinski definition) is 1. The Hall–Kier alpha value is -1.62. The predicted molar refractivity (Wildman–Crippen MR) is 107 cm³/mol. The lowest BCUT2D eigenvalue weighted by atomic mass is 9.45. The van der Waals surface area contributed by atoms with Crippen molar-refractivity contribution in [1.82, 2.24) is 14.5 Å². The summed E-state index contributed by atoms with van der Waals surface area (Å²) in [6.45, 7) is 4.75. The molecule has 144 valence electrons. The first-order valence-electron chi connectivity index (χ1n) is 10.3. The van der Waals surface area contributed by atoms with E-state index in [9.17, 15) is 4.79 Å². The van der Waals surface area contributed by atoms with Crippen LogP contribution in [0.4, 0.5) is 5.95 Å². The van der Waals surface area contributed by atoms with Gasteiger partial charge < -0.3 is 0 Å². The first-order valence-corrected chi connectivity index (χ1v) is 10.7. The maximum absolute atomic E-state index is 12.9. The molecule has 0 saturated heterocycles. The van der Waals surface area contributed by atoms with Crippen LogP contribution in [0.5, 0.6) is 0 Å². The average molecular weight is 387 g/mol. The zero-order valence-electron chi connectivity index (χ0n) is 16.0. The number of carbonyl (C=O) groups is 1. The summed E-state index contributed by atoms with van der Waals surface area (Å²) in [5.41, 5.74) is 1.98. The van der Waals surface area contributed by atoms with Crippen molar-refractivity contribution in [3.63, 3.8) is 0 Å².